The molecule has 1 heterocycles. The highest BCUT2D eigenvalue weighted by molar-refractivity contribution is 6.58. The predicted molar refractivity (Wildman–Crippen MR) is 87.0 cm³/mol. The van der Waals surface area contributed by atoms with E-state index in [1.165, 1.54) is 49.5 Å². The molecule has 1 aromatic carbocycles. The molecule has 0 atom stereocenters. The zero-order valence-electron chi connectivity index (χ0n) is 13.3. The van der Waals surface area contributed by atoms with Gasteiger partial charge in [0.25, 0.3) is 0 Å². The van der Waals surface area contributed by atoms with Crippen LogP contribution in [-0.2, 0) is 6.42 Å². The normalized spacial score (nSPS) is 17.6. The second-order valence-corrected chi connectivity index (χ2v) is 9.91. The first kappa shape index (κ1) is 16.7. The minimum absolute atomic E-state index is 0.0794. The van der Waals surface area contributed by atoms with Crippen molar-refractivity contribution in [1.82, 2.24) is 0 Å². The average Bonchev–Trinajstić information content (AvgIpc) is 2.47. The fourth-order valence-electron chi connectivity index (χ4n) is 3.18. The van der Waals surface area contributed by atoms with Crippen molar-refractivity contribution in [2.75, 3.05) is 0 Å². The van der Waals surface area contributed by atoms with Crippen molar-refractivity contribution in [3.63, 3.8) is 0 Å². The number of benzene rings is 1. The van der Waals surface area contributed by atoms with E-state index >= 15 is 0 Å². The minimum atomic E-state index is -0.742. The van der Waals surface area contributed by atoms with Gasteiger partial charge in [0.15, 0.2) is 11.6 Å². The van der Waals surface area contributed by atoms with Crippen molar-refractivity contribution in [2.45, 2.75) is 64.1 Å². The first-order valence-corrected chi connectivity index (χ1v) is 10.4. The molecule has 0 spiro atoms. The number of halogens is 2. The SMILES string of the molecule is CC(C)CC[Si]1CCC(CCc2ccc(F)c(F)c2)CC1. The van der Waals surface area contributed by atoms with Crippen LogP contribution in [0.2, 0.25) is 18.1 Å². The van der Waals surface area contributed by atoms with E-state index in [9.17, 15) is 8.78 Å². The molecule has 0 amide bonds. The first-order valence-electron chi connectivity index (χ1n) is 8.32. The summed E-state index contributed by atoms with van der Waals surface area (Å²) in [7, 11) is -0.0794. The molecule has 0 N–H and O–H groups in total. The van der Waals surface area contributed by atoms with Crippen molar-refractivity contribution in [1.29, 1.82) is 0 Å². The van der Waals surface area contributed by atoms with Crippen LogP contribution in [0.4, 0.5) is 8.78 Å². The average molecular weight is 309 g/mol. The largest absolute Gasteiger partial charge is 0.204 e. The molecule has 0 bridgehead atoms. The summed E-state index contributed by atoms with van der Waals surface area (Å²) in [6.07, 6.45) is 6.13. The molecule has 1 saturated heterocycles. The molecule has 21 heavy (non-hydrogen) atoms. The standard InChI is InChI=1S/C18H27F2Si/c1-14(2)7-10-21-11-8-15(9-12-21)3-4-16-5-6-17(19)18(20)13-16/h5-6,13-15H,3-4,7-12H2,1-2H3. The van der Waals surface area contributed by atoms with Crippen molar-refractivity contribution < 1.29 is 8.78 Å². The van der Waals surface area contributed by atoms with E-state index in [0.717, 1.165) is 30.2 Å². The number of hydrogen-bond acceptors (Lipinski definition) is 0. The summed E-state index contributed by atoms with van der Waals surface area (Å²) in [6, 6.07) is 8.73. The lowest BCUT2D eigenvalue weighted by Crippen LogP contribution is -2.22. The zero-order chi connectivity index (χ0) is 15.2. The second-order valence-electron chi connectivity index (χ2n) is 6.91. The third-order valence-electron chi connectivity index (χ3n) is 4.71. The number of rotatable bonds is 6. The van der Waals surface area contributed by atoms with Crippen LogP contribution in [0.15, 0.2) is 18.2 Å². The van der Waals surface area contributed by atoms with Gasteiger partial charge in [-0.15, -0.1) is 0 Å². The summed E-state index contributed by atoms with van der Waals surface area (Å²) in [5.41, 5.74) is 0.935. The monoisotopic (exact) mass is 309 g/mol. The van der Waals surface area contributed by atoms with Crippen LogP contribution in [-0.4, -0.2) is 8.80 Å². The van der Waals surface area contributed by atoms with Crippen LogP contribution in [0, 0.1) is 23.5 Å². The molecule has 1 aliphatic heterocycles. The van der Waals surface area contributed by atoms with Crippen molar-refractivity contribution in [2.24, 2.45) is 11.8 Å². The van der Waals surface area contributed by atoms with Crippen LogP contribution in [0.1, 0.15) is 45.1 Å². The van der Waals surface area contributed by atoms with Crippen LogP contribution < -0.4 is 0 Å². The van der Waals surface area contributed by atoms with Gasteiger partial charge in [-0.05, 0) is 42.4 Å². The van der Waals surface area contributed by atoms with E-state index in [0.29, 0.717) is 0 Å². The lowest BCUT2D eigenvalue weighted by molar-refractivity contribution is 0.435. The summed E-state index contributed by atoms with van der Waals surface area (Å²) in [5.74, 6) is 0.184. The van der Waals surface area contributed by atoms with Gasteiger partial charge in [0.1, 0.15) is 0 Å². The topological polar surface area (TPSA) is 0 Å². The van der Waals surface area contributed by atoms with Gasteiger partial charge in [-0.2, -0.15) is 0 Å². The van der Waals surface area contributed by atoms with Gasteiger partial charge in [-0.3, -0.25) is 0 Å². The van der Waals surface area contributed by atoms with Gasteiger partial charge >= 0.3 is 0 Å². The molecule has 0 aliphatic carbocycles. The zero-order valence-corrected chi connectivity index (χ0v) is 14.3. The molecule has 0 saturated carbocycles. The molecule has 1 aromatic rings. The van der Waals surface area contributed by atoms with E-state index in [4.69, 9.17) is 0 Å². The van der Waals surface area contributed by atoms with E-state index in [1.807, 2.05) is 0 Å². The van der Waals surface area contributed by atoms with Gasteiger partial charge in [0, 0.05) is 8.80 Å². The van der Waals surface area contributed by atoms with Crippen LogP contribution in [0.3, 0.4) is 0 Å². The fourth-order valence-corrected chi connectivity index (χ4v) is 6.55. The smallest absolute Gasteiger partial charge is 0.159 e. The second kappa shape index (κ2) is 8.07. The molecule has 117 valence electrons. The summed E-state index contributed by atoms with van der Waals surface area (Å²) in [4.78, 5) is 0. The predicted octanol–water partition coefficient (Wildman–Crippen LogP) is 5.85. The molecule has 1 fully saturated rings. The Morgan fingerprint density at radius 2 is 1.86 bits per heavy atom. The van der Waals surface area contributed by atoms with Crippen molar-refractivity contribution in [3.05, 3.63) is 35.4 Å². The van der Waals surface area contributed by atoms with Gasteiger partial charge in [0.2, 0.25) is 0 Å². The first-order chi connectivity index (χ1) is 10.0. The van der Waals surface area contributed by atoms with E-state index in [1.54, 1.807) is 6.07 Å². The maximum absolute atomic E-state index is 13.2. The van der Waals surface area contributed by atoms with Gasteiger partial charge in [-0.1, -0.05) is 57.3 Å². The maximum Gasteiger partial charge on any atom is 0.159 e. The molecule has 0 aromatic heterocycles. The Bertz CT molecular complexity index is 437. The van der Waals surface area contributed by atoms with E-state index < -0.39 is 11.6 Å². The Kier molecular flexibility index (Phi) is 6.40. The van der Waals surface area contributed by atoms with Crippen molar-refractivity contribution in [3.8, 4) is 0 Å². The highest BCUT2D eigenvalue weighted by Gasteiger charge is 2.22. The Morgan fingerprint density at radius 1 is 1.14 bits per heavy atom. The summed E-state index contributed by atoms with van der Waals surface area (Å²) in [5, 5.41) is 0. The third kappa shape index (κ3) is 5.53. The van der Waals surface area contributed by atoms with Crippen molar-refractivity contribution >= 4 is 8.80 Å². The highest BCUT2D eigenvalue weighted by atomic mass is 28.3. The molecular formula is C18H27F2Si. The lowest BCUT2D eigenvalue weighted by atomic mass is 9.94. The Balaban J connectivity index is 1.70. The molecule has 2 rings (SSSR count). The van der Waals surface area contributed by atoms with E-state index in [2.05, 4.69) is 13.8 Å². The Hall–Kier alpha value is -0.703. The summed E-state index contributed by atoms with van der Waals surface area (Å²) in [6.45, 7) is 4.63. The minimum Gasteiger partial charge on any atom is -0.204 e. The molecule has 0 nitrogen and oxygen atoms in total. The quantitative estimate of drug-likeness (QED) is 0.578. The van der Waals surface area contributed by atoms with Crippen LogP contribution in [0.5, 0.6) is 0 Å². The Labute approximate surface area is 129 Å². The highest BCUT2D eigenvalue weighted by Crippen LogP contribution is 2.31. The summed E-state index contributed by atoms with van der Waals surface area (Å²) >= 11 is 0. The van der Waals surface area contributed by atoms with Gasteiger partial charge in [-0.25, -0.2) is 8.78 Å². The fraction of sp³-hybridized carbons (Fsp3) is 0.667. The molecule has 0 unspecified atom stereocenters. The number of hydrogen-bond donors (Lipinski definition) is 0. The molecule has 1 aliphatic rings. The number of aryl methyl sites for hydroxylation is 1. The maximum atomic E-state index is 13.2. The van der Waals surface area contributed by atoms with E-state index in [-0.39, 0.29) is 8.80 Å². The third-order valence-corrected chi connectivity index (χ3v) is 7.70. The molecule has 3 heteroatoms. The van der Waals surface area contributed by atoms with Gasteiger partial charge < -0.3 is 0 Å². The lowest BCUT2D eigenvalue weighted by Gasteiger charge is -2.27. The molecular weight excluding hydrogens is 282 g/mol. The summed E-state index contributed by atoms with van der Waals surface area (Å²) < 4.78 is 26.1. The van der Waals surface area contributed by atoms with Crippen LogP contribution >= 0.6 is 0 Å². The Morgan fingerprint density at radius 3 is 2.48 bits per heavy atom. The van der Waals surface area contributed by atoms with Crippen LogP contribution in [0.25, 0.3) is 0 Å². The van der Waals surface area contributed by atoms with Gasteiger partial charge in [0.05, 0.1) is 0 Å². The molecule has 1 radical (unpaired) electrons.